The van der Waals surface area contributed by atoms with Crippen LogP contribution in [0.1, 0.15) is 348 Å². The van der Waals surface area contributed by atoms with Crippen molar-refractivity contribution in [2.75, 3.05) is 0 Å². The summed E-state index contributed by atoms with van der Waals surface area (Å²) in [6.07, 6.45) is 74.3. The molecule has 0 aromatic rings. The molecule has 0 radical (unpaired) electrons. The van der Waals surface area contributed by atoms with Gasteiger partial charge in [-0.15, -0.1) is 0 Å². The van der Waals surface area contributed by atoms with E-state index < -0.39 is 0 Å². The Morgan fingerprint density at radius 1 is 0.211 bits per heavy atom. The third-order valence-electron chi connectivity index (χ3n) is 13.7. The fraction of sp³-hybridized carbons (Fsp3) is 1.00. The summed E-state index contributed by atoms with van der Waals surface area (Å²) in [5.41, 5.74) is 0. The summed E-state index contributed by atoms with van der Waals surface area (Å²) in [5.74, 6) is 0. The lowest BCUT2D eigenvalue weighted by Crippen LogP contribution is -2.22. The Kier molecular flexibility index (Phi) is 51.7. The molecule has 0 aliphatic carbocycles. The molecule has 0 rings (SSSR count). The van der Waals surface area contributed by atoms with Crippen LogP contribution in [0.25, 0.3) is 0 Å². The van der Waals surface area contributed by atoms with E-state index in [1.54, 1.807) is 0 Å². The van der Waals surface area contributed by atoms with Gasteiger partial charge in [0.25, 0.3) is 0 Å². The molecule has 1 unspecified atom stereocenters. The van der Waals surface area contributed by atoms with Crippen molar-refractivity contribution in [1.29, 1.82) is 0 Å². The van der Waals surface area contributed by atoms with Gasteiger partial charge in [0.2, 0.25) is 0 Å². The quantitative estimate of drug-likeness (QED) is 0.0423. The largest absolute Gasteiger partial charge is 0.0995 e. The number of rotatable bonds is 52. The molecule has 0 aromatic carbocycles. The van der Waals surface area contributed by atoms with Gasteiger partial charge in [-0.05, 0) is 27.2 Å². The van der Waals surface area contributed by atoms with Crippen LogP contribution in [0.2, 0.25) is 0 Å². The van der Waals surface area contributed by atoms with Crippen molar-refractivity contribution in [3.8, 4) is 0 Å². The average Bonchev–Trinajstić information content (AvgIpc) is 3.22. The fourth-order valence-corrected chi connectivity index (χ4v) is 11.2. The summed E-state index contributed by atoms with van der Waals surface area (Å²) in [5, 5.41) is 0.448. The van der Waals surface area contributed by atoms with Gasteiger partial charge in [-0.3, -0.25) is 0 Å². The second-order valence-corrected chi connectivity index (χ2v) is 21.4. The molecule has 0 N–H and O–H groups in total. The minimum Gasteiger partial charge on any atom is -0.0995 e. The van der Waals surface area contributed by atoms with Crippen LogP contribution in [0, 0.1) is 0 Å². The summed E-state index contributed by atoms with van der Waals surface area (Å²) in [6.45, 7) is 6.95. The predicted molar refractivity (Wildman–Crippen MR) is 269 cm³/mol. The van der Waals surface area contributed by atoms with Crippen LogP contribution in [0.5, 0.6) is 0 Å². The van der Waals surface area contributed by atoms with Gasteiger partial charge in [0, 0.05) is 5.16 Å². The summed E-state index contributed by atoms with van der Waals surface area (Å²) in [4.78, 5) is 0. The maximum atomic E-state index is 6.97. The summed E-state index contributed by atoms with van der Waals surface area (Å²) >= 11 is 6.97. The Balaban J connectivity index is 4.19. The number of halogens is 1. The molecule has 0 fully saturated rings. The lowest BCUT2D eigenvalue weighted by atomic mass is 9.88. The Bertz CT molecular complexity index is 604. The highest BCUT2D eigenvalue weighted by Crippen LogP contribution is 2.48. The normalized spacial score (nSPS) is 12.2. The van der Waals surface area contributed by atoms with E-state index >= 15 is 0 Å². The van der Waals surface area contributed by atoms with Crippen molar-refractivity contribution in [2.24, 2.45) is 0 Å². The van der Waals surface area contributed by atoms with Crippen LogP contribution in [0.3, 0.4) is 0 Å². The van der Waals surface area contributed by atoms with Crippen LogP contribution in [0.15, 0.2) is 0 Å². The van der Waals surface area contributed by atoms with Crippen molar-refractivity contribution in [3.05, 3.63) is 0 Å². The molecule has 344 valence electrons. The molecule has 0 aliphatic rings. The molecule has 0 nitrogen and oxygen atoms in total. The smallest absolute Gasteiger partial charge is 0.00165 e. The molecule has 0 heterocycles. The zero-order chi connectivity index (χ0) is 41.3. The third kappa shape index (κ3) is 46.1. The Labute approximate surface area is 370 Å². The molecular formula is C55H112ClP. The predicted octanol–water partition coefficient (Wildman–Crippen LogP) is 22.5. The van der Waals surface area contributed by atoms with E-state index in [9.17, 15) is 0 Å². The van der Waals surface area contributed by atoms with E-state index in [4.69, 9.17) is 11.2 Å². The number of hydrogen-bond donors (Lipinski definition) is 0. The number of hydrogen-bond acceptors (Lipinski definition) is 0. The van der Waals surface area contributed by atoms with Crippen LogP contribution in [-0.4, -0.2) is 5.16 Å². The van der Waals surface area contributed by atoms with Gasteiger partial charge >= 0.3 is 0 Å². The lowest BCUT2D eigenvalue weighted by molar-refractivity contribution is 0.400. The van der Waals surface area contributed by atoms with Crippen LogP contribution in [-0.2, 0) is 0 Å². The van der Waals surface area contributed by atoms with Gasteiger partial charge in [-0.1, -0.05) is 340 Å². The van der Waals surface area contributed by atoms with Gasteiger partial charge in [-0.25, -0.2) is 0 Å². The lowest BCUT2D eigenvalue weighted by Gasteiger charge is -2.32. The Hall–Kier alpha value is 0.720. The van der Waals surface area contributed by atoms with Gasteiger partial charge in [0.05, 0.1) is 0 Å². The maximum Gasteiger partial charge on any atom is 0.00165 e. The Morgan fingerprint density at radius 2 is 0.333 bits per heavy atom. The van der Waals surface area contributed by atoms with E-state index in [0.717, 1.165) is 0 Å². The Morgan fingerprint density at radius 3 is 0.456 bits per heavy atom. The molecular weight excluding hydrogens is 727 g/mol. The molecule has 0 saturated heterocycles. The van der Waals surface area contributed by atoms with E-state index in [1.807, 2.05) is 0 Å². The number of unbranched alkanes of at least 4 members (excludes halogenated alkanes) is 45. The second-order valence-electron chi connectivity index (χ2n) is 19.5. The van der Waals surface area contributed by atoms with Crippen molar-refractivity contribution >= 4 is 19.2 Å². The summed E-state index contributed by atoms with van der Waals surface area (Å²) < 4.78 is 0. The molecule has 0 bridgehead atoms. The summed E-state index contributed by atoms with van der Waals surface area (Å²) in [7, 11) is 0.624. The molecule has 2 heteroatoms. The van der Waals surface area contributed by atoms with Gasteiger partial charge in [0.1, 0.15) is 0 Å². The zero-order valence-corrected chi connectivity index (χ0v) is 42.2. The average molecular weight is 840 g/mol. The molecule has 57 heavy (non-hydrogen) atoms. The highest BCUT2D eigenvalue weighted by Gasteiger charge is 2.28. The minimum absolute atomic E-state index is 0.448. The first kappa shape index (κ1) is 57.7. The zero-order valence-electron chi connectivity index (χ0n) is 40.4. The summed E-state index contributed by atoms with van der Waals surface area (Å²) in [6, 6.07) is 0. The van der Waals surface area contributed by atoms with Crippen molar-refractivity contribution in [1.82, 2.24) is 0 Å². The van der Waals surface area contributed by atoms with Gasteiger partial charge in [-0.2, -0.15) is 0 Å². The monoisotopic (exact) mass is 839 g/mol. The maximum absolute atomic E-state index is 6.97. The molecule has 0 amide bonds. The van der Waals surface area contributed by atoms with E-state index in [2.05, 4.69) is 20.8 Å². The van der Waals surface area contributed by atoms with Crippen LogP contribution >= 0.6 is 19.2 Å². The second kappa shape index (κ2) is 51.1. The molecule has 1 atom stereocenters. The molecule has 0 spiro atoms. The third-order valence-corrected chi connectivity index (χ3v) is 16.1. The highest BCUT2D eigenvalue weighted by atomic mass is 35.7. The molecule has 0 aromatic heterocycles. The minimum atomic E-state index is 0.448. The van der Waals surface area contributed by atoms with Gasteiger partial charge in [0.15, 0.2) is 0 Å². The van der Waals surface area contributed by atoms with Crippen molar-refractivity contribution < 1.29 is 0 Å². The first-order valence-corrected chi connectivity index (χ1v) is 29.6. The standard InChI is InChI=1S/C55H112ClP/c1-4-7-10-13-16-19-22-25-28-31-34-37-40-43-46-49-52-55(57-56,53-50-47-44-41-38-35-32-29-26-23-20-17-14-11-8-5-2)54-51-48-45-42-39-36-33-30-27-24-21-18-15-12-9-6-3/h57H,4-54H2,1-3H3. The van der Waals surface area contributed by atoms with Gasteiger partial charge < -0.3 is 0 Å². The first-order chi connectivity index (χ1) is 28.2. The molecule has 0 saturated carbocycles. The topological polar surface area (TPSA) is 0 Å². The van der Waals surface area contributed by atoms with E-state index in [0.29, 0.717) is 13.1 Å². The van der Waals surface area contributed by atoms with Crippen LogP contribution < -0.4 is 0 Å². The van der Waals surface area contributed by atoms with Crippen LogP contribution in [0.4, 0.5) is 0 Å². The highest BCUT2D eigenvalue weighted by molar-refractivity contribution is 7.69. The van der Waals surface area contributed by atoms with E-state index in [1.165, 1.54) is 327 Å². The SMILES string of the molecule is CCCCCCCCCCCCCCCCCCC(CCCCCCCCCCCCCCCCCC)(CCCCCCCCCCCCCCCCCC)PCl. The molecule has 0 aliphatic heterocycles. The fourth-order valence-electron chi connectivity index (χ4n) is 9.55. The van der Waals surface area contributed by atoms with Crippen molar-refractivity contribution in [2.45, 2.75) is 353 Å². The van der Waals surface area contributed by atoms with Crippen molar-refractivity contribution in [3.63, 3.8) is 0 Å². The van der Waals surface area contributed by atoms with E-state index in [-0.39, 0.29) is 0 Å². The first-order valence-electron chi connectivity index (χ1n) is 27.6.